The molecule has 0 aliphatic carbocycles. The molecule has 0 atom stereocenters. The summed E-state index contributed by atoms with van der Waals surface area (Å²) in [6.07, 6.45) is 0. The Morgan fingerprint density at radius 3 is 2.33 bits per heavy atom. The number of amides is 1. The van der Waals surface area contributed by atoms with Crippen LogP contribution in [0.1, 0.15) is 0 Å². The monoisotopic (exact) mass is 145 g/mol. The van der Waals surface area contributed by atoms with Crippen molar-refractivity contribution in [1.82, 2.24) is 4.72 Å². The van der Waals surface area contributed by atoms with Crippen molar-refractivity contribution >= 4 is 38.8 Å². The molecule has 0 bridgehead atoms. The van der Waals surface area contributed by atoms with E-state index < -0.39 is 5.37 Å². The van der Waals surface area contributed by atoms with Crippen LogP contribution in [0.5, 0.6) is 0 Å². The first kappa shape index (κ1) is 6.40. The Morgan fingerprint density at radius 1 is 1.83 bits per heavy atom. The van der Waals surface area contributed by atoms with Gasteiger partial charge in [-0.05, 0) is 22.3 Å². The van der Waals surface area contributed by atoms with Crippen molar-refractivity contribution in [3.05, 3.63) is 0 Å². The third-order valence-corrected chi connectivity index (χ3v) is 0.819. The van der Waals surface area contributed by atoms with Crippen molar-refractivity contribution in [3.8, 4) is 0 Å². The van der Waals surface area contributed by atoms with Crippen molar-refractivity contribution in [2.75, 3.05) is 0 Å². The summed E-state index contributed by atoms with van der Waals surface area (Å²) in [4.78, 5) is 9.59. The number of hydrogen-bond donors (Lipinski definition) is 1. The van der Waals surface area contributed by atoms with Gasteiger partial charge in [0.2, 0.25) is 0 Å². The molecule has 0 heterocycles. The van der Waals surface area contributed by atoms with E-state index in [4.69, 9.17) is 22.3 Å². The summed E-state index contributed by atoms with van der Waals surface area (Å²) in [7, 11) is 4.90. The quantitative estimate of drug-likeness (QED) is 0.346. The van der Waals surface area contributed by atoms with Crippen molar-refractivity contribution in [1.29, 1.82) is 0 Å². The van der Waals surface area contributed by atoms with Crippen LogP contribution in [0.4, 0.5) is 4.79 Å². The number of nitrogens with one attached hydrogen (secondary N) is 1. The van der Waals surface area contributed by atoms with E-state index in [1.54, 1.807) is 0 Å². The molecular formula is CHCl2NOS. The van der Waals surface area contributed by atoms with Crippen LogP contribution >= 0.6 is 33.4 Å². The third kappa shape index (κ3) is 4.40. The molecule has 0 fully saturated rings. The molecule has 0 aliphatic heterocycles. The smallest absolute Gasteiger partial charge is 0.273 e. The fourth-order valence-electron chi connectivity index (χ4n) is 0.0303. The van der Waals surface area contributed by atoms with E-state index in [9.17, 15) is 4.79 Å². The Hall–Kier alpha value is 0.400. The molecule has 1 amide bonds. The van der Waals surface area contributed by atoms with Gasteiger partial charge in [-0.2, -0.15) is 0 Å². The van der Waals surface area contributed by atoms with E-state index in [0.29, 0.717) is 11.2 Å². The van der Waals surface area contributed by atoms with Crippen LogP contribution in [0.15, 0.2) is 0 Å². The summed E-state index contributed by atoms with van der Waals surface area (Å²) in [5, 5.41) is -0.657. The highest BCUT2D eigenvalue weighted by Crippen LogP contribution is 1.98. The summed E-state index contributed by atoms with van der Waals surface area (Å²) in [5.74, 6) is 0. The summed E-state index contributed by atoms with van der Waals surface area (Å²) < 4.78 is 2.02. The Kier molecular flexibility index (Phi) is 3.82. The van der Waals surface area contributed by atoms with Crippen molar-refractivity contribution in [2.45, 2.75) is 0 Å². The molecule has 0 radical (unpaired) electrons. The molecule has 6 heavy (non-hydrogen) atoms. The minimum absolute atomic E-state index is 0.650. The van der Waals surface area contributed by atoms with Crippen molar-refractivity contribution in [3.63, 3.8) is 0 Å². The molecule has 0 saturated heterocycles. The SMILES string of the molecule is O=C(Cl)NSCl. The zero-order valence-electron chi connectivity index (χ0n) is 2.57. The van der Waals surface area contributed by atoms with Gasteiger partial charge >= 0.3 is 5.37 Å². The number of rotatable bonds is 1. The van der Waals surface area contributed by atoms with Crippen LogP contribution in [-0.2, 0) is 0 Å². The Bertz CT molecular complexity index is 57.5. The van der Waals surface area contributed by atoms with Crippen LogP contribution < -0.4 is 4.72 Å². The topological polar surface area (TPSA) is 29.1 Å². The highest BCUT2D eigenvalue weighted by Gasteiger charge is 1.85. The lowest BCUT2D eigenvalue weighted by Gasteiger charge is -1.82. The lowest BCUT2D eigenvalue weighted by molar-refractivity contribution is 0.264. The first-order valence-electron chi connectivity index (χ1n) is 1.00. The fourth-order valence-corrected chi connectivity index (χ4v) is 0.535. The maximum absolute atomic E-state index is 9.59. The van der Waals surface area contributed by atoms with Gasteiger partial charge in [0, 0.05) is 0 Å². The molecule has 36 valence electrons. The predicted octanol–water partition coefficient (Wildman–Crippen LogP) is 1.74. The molecule has 5 heteroatoms. The Balaban J connectivity index is 2.83. The Labute approximate surface area is 48.8 Å². The van der Waals surface area contributed by atoms with Crippen LogP contribution in [0, 0.1) is 0 Å². The molecule has 0 aliphatic rings. The second kappa shape index (κ2) is 3.59. The lowest BCUT2D eigenvalue weighted by atomic mass is 11.5. The second-order valence-corrected chi connectivity index (χ2v) is 1.62. The number of hydrogen-bond acceptors (Lipinski definition) is 2. The molecule has 0 aromatic heterocycles. The summed E-state index contributed by atoms with van der Waals surface area (Å²) >= 11 is 5.37. The van der Waals surface area contributed by atoms with Gasteiger partial charge in [-0.25, -0.2) is 0 Å². The van der Waals surface area contributed by atoms with Gasteiger partial charge in [0.25, 0.3) is 0 Å². The van der Waals surface area contributed by atoms with Crippen LogP contribution in [0.2, 0.25) is 0 Å². The zero-order chi connectivity index (χ0) is 4.99. The minimum atomic E-state index is -0.657. The molecule has 0 unspecified atom stereocenters. The lowest BCUT2D eigenvalue weighted by Crippen LogP contribution is -2.01. The molecular weight excluding hydrogens is 145 g/mol. The van der Waals surface area contributed by atoms with Gasteiger partial charge in [0.1, 0.15) is 0 Å². The Morgan fingerprint density at radius 2 is 2.33 bits per heavy atom. The van der Waals surface area contributed by atoms with Gasteiger partial charge < -0.3 is 0 Å². The van der Waals surface area contributed by atoms with Crippen molar-refractivity contribution < 1.29 is 4.79 Å². The van der Waals surface area contributed by atoms with E-state index in [0.717, 1.165) is 0 Å². The maximum atomic E-state index is 9.59. The number of halogens is 2. The van der Waals surface area contributed by atoms with Gasteiger partial charge in [0.15, 0.2) is 0 Å². The van der Waals surface area contributed by atoms with Gasteiger partial charge in [-0.15, -0.1) is 0 Å². The molecule has 0 rings (SSSR count). The highest BCUT2D eigenvalue weighted by molar-refractivity contribution is 8.20. The van der Waals surface area contributed by atoms with E-state index in [1.165, 1.54) is 0 Å². The third-order valence-electron chi connectivity index (χ3n) is 0.119. The summed E-state index contributed by atoms with van der Waals surface area (Å²) in [5.41, 5.74) is 0. The normalized spacial score (nSPS) is 7.67. The standard InChI is InChI=1S/CHCl2NOS/c2-1(5)4-6-3/h(H,4,5). The largest absolute Gasteiger partial charge is 0.324 e. The average molecular weight is 146 g/mol. The first-order valence-corrected chi connectivity index (χ1v) is 3.02. The maximum Gasteiger partial charge on any atom is 0.324 e. The predicted molar refractivity (Wildman–Crippen MR) is 27.8 cm³/mol. The highest BCUT2D eigenvalue weighted by atomic mass is 35.7. The summed E-state index contributed by atoms with van der Waals surface area (Å²) in [6, 6.07) is 0. The van der Waals surface area contributed by atoms with E-state index in [2.05, 4.69) is 0 Å². The second-order valence-electron chi connectivity index (χ2n) is 0.453. The van der Waals surface area contributed by atoms with Crippen LogP contribution in [0.25, 0.3) is 0 Å². The molecule has 0 aromatic carbocycles. The summed E-state index contributed by atoms with van der Waals surface area (Å²) in [6.45, 7) is 0. The molecule has 0 aromatic rings. The number of carbonyl (C=O) groups is 1. The van der Waals surface area contributed by atoms with Crippen LogP contribution in [-0.4, -0.2) is 5.37 Å². The van der Waals surface area contributed by atoms with E-state index in [-0.39, 0.29) is 0 Å². The average Bonchev–Trinajstić information content (AvgIpc) is 1.35. The molecule has 0 spiro atoms. The zero-order valence-corrected chi connectivity index (χ0v) is 4.90. The molecule has 2 nitrogen and oxygen atoms in total. The van der Waals surface area contributed by atoms with Crippen LogP contribution in [0.3, 0.4) is 0 Å². The van der Waals surface area contributed by atoms with E-state index >= 15 is 0 Å². The van der Waals surface area contributed by atoms with Gasteiger partial charge in [-0.3, -0.25) is 9.52 Å². The number of carbonyl (C=O) groups excluding carboxylic acids is 1. The van der Waals surface area contributed by atoms with Gasteiger partial charge in [-0.1, -0.05) is 0 Å². The van der Waals surface area contributed by atoms with Crippen molar-refractivity contribution in [2.24, 2.45) is 0 Å². The van der Waals surface area contributed by atoms with Gasteiger partial charge in [0.05, 0.1) is 11.2 Å². The molecule has 0 saturated carbocycles. The van der Waals surface area contributed by atoms with E-state index in [1.807, 2.05) is 4.72 Å². The fraction of sp³-hybridized carbons (Fsp3) is 0. The first-order chi connectivity index (χ1) is 2.77. The minimum Gasteiger partial charge on any atom is -0.273 e. The molecule has 1 N–H and O–H groups in total.